The Morgan fingerprint density at radius 3 is 2.29 bits per heavy atom. The number of rotatable bonds is 9. The van der Waals surface area contributed by atoms with E-state index in [1.807, 2.05) is 0 Å². The molecule has 0 spiro atoms. The maximum atomic E-state index is 12.1. The average Bonchev–Trinajstić information content (AvgIpc) is 2.14. The normalized spacial score (nSPS) is 12.7. The lowest BCUT2D eigenvalue weighted by Crippen LogP contribution is -2.38. The van der Waals surface area contributed by atoms with Crippen molar-refractivity contribution in [3.05, 3.63) is 0 Å². The number of nitrogens with zero attached hydrogens (tertiary/aromatic N) is 1. The van der Waals surface area contributed by atoms with Gasteiger partial charge in [-0.15, -0.1) is 0 Å². The van der Waals surface area contributed by atoms with Gasteiger partial charge in [-0.05, 0) is 12.3 Å². The number of halogens is 3. The molecule has 0 bridgehead atoms. The molecule has 0 radical (unpaired) electrons. The fraction of sp³-hybridized carbons (Fsp3) is 1.00. The standard InChI is InChI=1S/C11H22F3NO2/c1-10(2)3-7-17-8-5-15(4-6-16)9-11(12,13)14/h10,16H,3-9H2,1-2H3. The molecule has 6 heteroatoms. The van der Waals surface area contributed by atoms with E-state index < -0.39 is 12.7 Å². The molecule has 0 amide bonds. The zero-order valence-corrected chi connectivity index (χ0v) is 10.5. The maximum absolute atomic E-state index is 12.1. The third-order valence-corrected chi connectivity index (χ3v) is 2.21. The minimum atomic E-state index is -4.23. The van der Waals surface area contributed by atoms with Gasteiger partial charge in [-0.1, -0.05) is 13.8 Å². The highest BCUT2D eigenvalue weighted by Gasteiger charge is 2.30. The van der Waals surface area contributed by atoms with Crippen LogP contribution in [0.25, 0.3) is 0 Å². The highest BCUT2D eigenvalue weighted by atomic mass is 19.4. The molecule has 0 saturated heterocycles. The van der Waals surface area contributed by atoms with Gasteiger partial charge in [-0.2, -0.15) is 13.2 Å². The number of aliphatic hydroxyl groups is 1. The topological polar surface area (TPSA) is 32.7 Å². The van der Waals surface area contributed by atoms with Gasteiger partial charge in [0.05, 0.1) is 19.8 Å². The first kappa shape index (κ1) is 16.7. The van der Waals surface area contributed by atoms with E-state index in [1.165, 1.54) is 0 Å². The SMILES string of the molecule is CC(C)CCOCCN(CCO)CC(F)(F)F. The van der Waals surface area contributed by atoms with E-state index in [0.29, 0.717) is 12.5 Å². The van der Waals surface area contributed by atoms with Crippen LogP contribution in [0.15, 0.2) is 0 Å². The minimum Gasteiger partial charge on any atom is -0.395 e. The molecule has 0 aromatic rings. The third kappa shape index (κ3) is 11.9. The Balaban J connectivity index is 3.70. The van der Waals surface area contributed by atoms with E-state index in [0.717, 1.165) is 11.3 Å². The van der Waals surface area contributed by atoms with Crippen molar-refractivity contribution >= 4 is 0 Å². The van der Waals surface area contributed by atoms with Gasteiger partial charge in [0, 0.05) is 19.7 Å². The van der Waals surface area contributed by atoms with E-state index in [1.54, 1.807) is 0 Å². The van der Waals surface area contributed by atoms with Gasteiger partial charge in [0.25, 0.3) is 0 Å². The van der Waals surface area contributed by atoms with Crippen molar-refractivity contribution in [2.75, 3.05) is 39.5 Å². The van der Waals surface area contributed by atoms with Gasteiger partial charge in [0.2, 0.25) is 0 Å². The summed E-state index contributed by atoms with van der Waals surface area (Å²) in [5, 5.41) is 8.66. The first-order valence-corrected chi connectivity index (χ1v) is 5.83. The summed E-state index contributed by atoms with van der Waals surface area (Å²) in [7, 11) is 0. The van der Waals surface area contributed by atoms with E-state index in [-0.39, 0.29) is 26.3 Å². The molecule has 3 nitrogen and oxygen atoms in total. The van der Waals surface area contributed by atoms with Gasteiger partial charge in [-0.25, -0.2) is 0 Å². The molecule has 0 rings (SSSR count). The molecule has 0 aromatic heterocycles. The van der Waals surface area contributed by atoms with Gasteiger partial charge >= 0.3 is 6.18 Å². The van der Waals surface area contributed by atoms with Crippen LogP contribution >= 0.6 is 0 Å². The van der Waals surface area contributed by atoms with Crippen molar-refractivity contribution < 1.29 is 23.0 Å². The summed E-state index contributed by atoms with van der Waals surface area (Å²) >= 11 is 0. The fourth-order valence-corrected chi connectivity index (χ4v) is 1.28. The van der Waals surface area contributed by atoms with Crippen LogP contribution in [-0.4, -0.2) is 55.6 Å². The molecule has 0 atom stereocenters. The Morgan fingerprint density at radius 1 is 1.18 bits per heavy atom. The second kappa shape index (κ2) is 8.72. The predicted octanol–water partition coefficient (Wildman–Crippen LogP) is 1.91. The van der Waals surface area contributed by atoms with Crippen molar-refractivity contribution in [1.29, 1.82) is 0 Å². The van der Waals surface area contributed by atoms with Crippen LogP contribution in [0.1, 0.15) is 20.3 Å². The van der Waals surface area contributed by atoms with Crippen LogP contribution in [0.2, 0.25) is 0 Å². The summed E-state index contributed by atoms with van der Waals surface area (Å²) in [5.41, 5.74) is 0. The highest BCUT2D eigenvalue weighted by Crippen LogP contribution is 2.16. The molecule has 0 aliphatic carbocycles. The van der Waals surface area contributed by atoms with Crippen molar-refractivity contribution in [3.8, 4) is 0 Å². The highest BCUT2D eigenvalue weighted by molar-refractivity contribution is 4.62. The summed E-state index contributed by atoms with van der Waals surface area (Å²) < 4.78 is 41.7. The lowest BCUT2D eigenvalue weighted by Gasteiger charge is -2.22. The summed E-state index contributed by atoms with van der Waals surface area (Å²) in [6, 6.07) is 0. The van der Waals surface area contributed by atoms with Crippen molar-refractivity contribution in [2.45, 2.75) is 26.4 Å². The Hall–Kier alpha value is -0.330. The maximum Gasteiger partial charge on any atom is 0.401 e. The molecule has 1 N–H and O–H groups in total. The van der Waals surface area contributed by atoms with Crippen molar-refractivity contribution in [2.24, 2.45) is 5.92 Å². The Morgan fingerprint density at radius 2 is 1.82 bits per heavy atom. The zero-order chi connectivity index (χ0) is 13.3. The number of hydrogen-bond donors (Lipinski definition) is 1. The van der Waals surface area contributed by atoms with Crippen LogP contribution in [0.4, 0.5) is 13.2 Å². The Kier molecular flexibility index (Phi) is 8.55. The molecule has 104 valence electrons. The Labute approximate surface area is 101 Å². The van der Waals surface area contributed by atoms with Crippen LogP contribution < -0.4 is 0 Å². The first-order valence-electron chi connectivity index (χ1n) is 5.83. The Bertz CT molecular complexity index is 186. The zero-order valence-electron chi connectivity index (χ0n) is 10.5. The second-order valence-electron chi connectivity index (χ2n) is 4.41. The monoisotopic (exact) mass is 257 g/mol. The van der Waals surface area contributed by atoms with Gasteiger partial charge in [0.15, 0.2) is 0 Å². The lowest BCUT2D eigenvalue weighted by atomic mass is 10.1. The summed E-state index contributed by atoms with van der Waals surface area (Å²) in [6.07, 6.45) is -3.33. The molecule has 0 aliphatic rings. The van der Waals surface area contributed by atoms with E-state index in [2.05, 4.69) is 13.8 Å². The quantitative estimate of drug-likeness (QED) is 0.640. The van der Waals surface area contributed by atoms with Crippen LogP contribution in [0.5, 0.6) is 0 Å². The number of alkyl halides is 3. The van der Waals surface area contributed by atoms with Crippen molar-refractivity contribution in [3.63, 3.8) is 0 Å². The molecule has 0 fully saturated rings. The van der Waals surface area contributed by atoms with E-state index in [9.17, 15) is 13.2 Å². The smallest absolute Gasteiger partial charge is 0.395 e. The summed E-state index contributed by atoms with van der Waals surface area (Å²) in [5.74, 6) is 0.527. The number of hydrogen-bond acceptors (Lipinski definition) is 3. The summed E-state index contributed by atoms with van der Waals surface area (Å²) in [4.78, 5) is 1.15. The number of ether oxygens (including phenoxy) is 1. The minimum absolute atomic E-state index is 0.0209. The molecule has 0 unspecified atom stereocenters. The largest absolute Gasteiger partial charge is 0.401 e. The fourth-order valence-electron chi connectivity index (χ4n) is 1.28. The average molecular weight is 257 g/mol. The summed E-state index contributed by atoms with van der Waals surface area (Å²) in [6.45, 7) is 3.89. The van der Waals surface area contributed by atoms with E-state index in [4.69, 9.17) is 9.84 Å². The van der Waals surface area contributed by atoms with E-state index >= 15 is 0 Å². The molecule has 0 heterocycles. The molecule has 0 saturated carbocycles. The first-order chi connectivity index (χ1) is 7.85. The van der Waals surface area contributed by atoms with Gasteiger partial charge < -0.3 is 9.84 Å². The third-order valence-electron chi connectivity index (χ3n) is 2.21. The van der Waals surface area contributed by atoms with Crippen LogP contribution in [0.3, 0.4) is 0 Å². The van der Waals surface area contributed by atoms with Crippen LogP contribution in [0, 0.1) is 5.92 Å². The van der Waals surface area contributed by atoms with Gasteiger partial charge in [-0.3, -0.25) is 4.90 Å². The lowest BCUT2D eigenvalue weighted by molar-refractivity contribution is -0.148. The van der Waals surface area contributed by atoms with Gasteiger partial charge in [0.1, 0.15) is 0 Å². The number of aliphatic hydroxyl groups excluding tert-OH is 1. The molecule has 0 aliphatic heterocycles. The van der Waals surface area contributed by atoms with Crippen LogP contribution in [-0.2, 0) is 4.74 Å². The molecule has 17 heavy (non-hydrogen) atoms. The molecular weight excluding hydrogens is 235 g/mol. The second-order valence-corrected chi connectivity index (χ2v) is 4.41. The molecule has 0 aromatic carbocycles. The molecular formula is C11H22F3NO2. The van der Waals surface area contributed by atoms with Crippen molar-refractivity contribution in [1.82, 2.24) is 4.90 Å². The predicted molar refractivity (Wildman–Crippen MR) is 59.9 cm³/mol.